The van der Waals surface area contributed by atoms with Gasteiger partial charge >= 0.3 is 5.69 Å². The summed E-state index contributed by atoms with van der Waals surface area (Å²) in [5.41, 5.74) is 0.445. The number of aromatic nitrogens is 2. The molecule has 1 aliphatic rings. The lowest BCUT2D eigenvalue weighted by Gasteiger charge is -2.39. The van der Waals surface area contributed by atoms with Crippen LogP contribution in [0.4, 0.5) is 0 Å². The molecule has 1 N–H and O–H groups in total. The SMILES string of the molecule is COc1ccc(C(OC[C@H]2O[C@@H](n3c(=O)[nH]c(=O)c4c(Cl)cccc43)C[C@@H]2OP(OCCC#N)N(C(C)C)C(C)C)(c2ccccc2)c2ccc(OC)cc2)cc1. The van der Waals surface area contributed by atoms with Crippen LogP contribution in [0, 0.1) is 11.3 Å². The van der Waals surface area contributed by atoms with Crippen LogP contribution in [0.5, 0.6) is 11.5 Å². The largest absolute Gasteiger partial charge is 0.497 e. The van der Waals surface area contributed by atoms with E-state index in [0.717, 1.165) is 16.7 Å². The average Bonchev–Trinajstić information content (AvgIpc) is 3.60. The Bertz CT molecular complexity index is 2210. The Morgan fingerprint density at radius 3 is 2.05 bits per heavy atom. The van der Waals surface area contributed by atoms with Crippen LogP contribution in [-0.4, -0.2) is 65.9 Å². The lowest BCUT2D eigenvalue weighted by atomic mass is 9.80. The summed E-state index contributed by atoms with van der Waals surface area (Å²) in [5, 5.41) is 9.75. The molecule has 0 radical (unpaired) electrons. The zero-order valence-corrected chi connectivity index (χ0v) is 34.5. The van der Waals surface area contributed by atoms with Gasteiger partial charge in [-0.15, -0.1) is 0 Å². The van der Waals surface area contributed by atoms with Crippen molar-refractivity contribution < 1.29 is 28.0 Å². The molecule has 1 aliphatic heterocycles. The summed E-state index contributed by atoms with van der Waals surface area (Å²) in [7, 11) is 1.52. The van der Waals surface area contributed by atoms with Crippen LogP contribution in [0.3, 0.4) is 0 Å². The second kappa shape index (κ2) is 18.8. The van der Waals surface area contributed by atoms with E-state index >= 15 is 0 Å². The Kier molecular flexibility index (Phi) is 13.9. The van der Waals surface area contributed by atoms with E-state index in [2.05, 4.69) is 43.4 Å². The minimum atomic E-state index is -1.72. The fourth-order valence-electron chi connectivity index (χ4n) is 7.36. The molecule has 1 aromatic heterocycles. The van der Waals surface area contributed by atoms with E-state index in [9.17, 15) is 14.9 Å². The van der Waals surface area contributed by atoms with Crippen molar-refractivity contribution >= 4 is 31.0 Å². The molecule has 14 heteroatoms. The van der Waals surface area contributed by atoms with Crippen LogP contribution in [0.15, 0.2) is 107 Å². The Labute approximate surface area is 338 Å². The smallest absolute Gasteiger partial charge is 0.330 e. The number of nitrogens with zero attached hydrogens (tertiary/aromatic N) is 3. The molecule has 0 amide bonds. The van der Waals surface area contributed by atoms with E-state index in [1.165, 1.54) is 4.57 Å². The van der Waals surface area contributed by atoms with Gasteiger partial charge < -0.3 is 28.0 Å². The summed E-state index contributed by atoms with van der Waals surface area (Å²) in [6, 6.07) is 32.6. The first-order valence-corrected chi connectivity index (χ1v) is 20.3. The minimum Gasteiger partial charge on any atom is -0.497 e. The zero-order valence-electron chi connectivity index (χ0n) is 32.9. The molecule has 2 heterocycles. The van der Waals surface area contributed by atoms with E-state index < -0.39 is 43.8 Å². The van der Waals surface area contributed by atoms with Crippen molar-refractivity contribution in [2.75, 3.05) is 27.4 Å². The highest BCUT2D eigenvalue weighted by Crippen LogP contribution is 2.51. The molecule has 5 aromatic rings. The molecule has 12 nitrogen and oxygen atoms in total. The monoisotopic (exact) mass is 814 g/mol. The Balaban J connectivity index is 1.48. The lowest BCUT2D eigenvalue weighted by molar-refractivity contribution is -0.0917. The number of hydrogen-bond donors (Lipinski definition) is 1. The number of fused-ring (bicyclic) bond motifs is 1. The van der Waals surface area contributed by atoms with Gasteiger partial charge in [0.15, 0.2) is 0 Å². The molecule has 0 spiro atoms. The Morgan fingerprint density at radius 2 is 1.49 bits per heavy atom. The molecule has 0 aliphatic carbocycles. The Hall–Kier alpha value is -4.57. The highest BCUT2D eigenvalue weighted by atomic mass is 35.5. The predicted octanol–water partition coefficient (Wildman–Crippen LogP) is 8.32. The van der Waals surface area contributed by atoms with Crippen molar-refractivity contribution in [2.45, 2.75) is 76.7 Å². The number of ether oxygens (including phenoxy) is 4. The second-order valence-electron chi connectivity index (χ2n) is 14.1. The number of benzene rings is 4. The van der Waals surface area contributed by atoms with Crippen LogP contribution >= 0.6 is 20.1 Å². The molecule has 4 aromatic carbocycles. The van der Waals surface area contributed by atoms with E-state index in [1.807, 2.05) is 78.9 Å². The molecule has 1 fully saturated rings. The van der Waals surface area contributed by atoms with Gasteiger partial charge in [0.25, 0.3) is 14.1 Å². The van der Waals surface area contributed by atoms with E-state index in [1.54, 1.807) is 32.4 Å². The first-order valence-electron chi connectivity index (χ1n) is 18.8. The number of hydrogen-bond acceptors (Lipinski definition) is 10. The Morgan fingerprint density at radius 1 is 0.895 bits per heavy atom. The molecular weight excluding hydrogens is 767 g/mol. The maximum absolute atomic E-state index is 13.7. The van der Waals surface area contributed by atoms with Gasteiger partial charge in [-0.1, -0.05) is 72.3 Å². The normalized spacial score (nSPS) is 17.7. The molecule has 1 unspecified atom stereocenters. The van der Waals surface area contributed by atoms with Gasteiger partial charge in [0, 0.05) is 18.5 Å². The average molecular weight is 815 g/mol. The molecule has 57 heavy (non-hydrogen) atoms. The predicted molar refractivity (Wildman–Crippen MR) is 221 cm³/mol. The van der Waals surface area contributed by atoms with Crippen LogP contribution in [0.2, 0.25) is 5.02 Å². The van der Waals surface area contributed by atoms with Crippen molar-refractivity contribution in [1.82, 2.24) is 14.2 Å². The van der Waals surface area contributed by atoms with Gasteiger partial charge in [0.05, 0.1) is 62.0 Å². The van der Waals surface area contributed by atoms with Crippen LogP contribution < -0.4 is 20.7 Å². The van der Waals surface area contributed by atoms with Crippen molar-refractivity contribution in [2.24, 2.45) is 0 Å². The fourth-order valence-corrected chi connectivity index (χ4v) is 9.38. The quantitative estimate of drug-likeness (QED) is 0.0554. The first kappa shape index (κ1) is 42.0. The number of nitriles is 1. The standard InChI is InChI=1S/C43H48ClN4O8P/c1-28(2)48(29(3)4)57(54-25-11-24-45)56-37-26-39(47-36-15-10-14-35(44)40(36)41(49)46-42(47)50)55-38(37)27-53-43(30-12-8-7-9-13-30,31-16-20-33(51-5)21-17-31)32-18-22-34(52-6)23-19-32/h7-10,12-23,28-29,37-39H,11,25-27H2,1-6H3,(H,46,49,50)/t37-,38+,39+,57?/m0/s1. The van der Waals surface area contributed by atoms with Crippen LogP contribution in [0.25, 0.3) is 10.9 Å². The molecule has 0 bridgehead atoms. The number of H-pyrrole nitrogens is 1. The summed E-state index contributed by atoms with van der Waals surface area (Å²) in [4.78, 5) is 29.1. The summed E-state index contributed by atoms with van der Waals surface area (Å²) < 4.78 is 42.0. The second-order valence-corrected chi connectivity index (χ2v) is 15.9. The zero-order chi connectivity index (χ0) is 40.7. The van der Waals surface area contributed by atoms with Gasteiger partial charge in [-0.05, 0) is 80.8 Å². The first-order chi connectivity index (χ1) is 27.5. The molecule has 6 rings (SSSR count). The number of aromatic amines is 1. The number of methoxy groups -OCH3 is 2. The number of nitrogens with one attached hydrogen (secondary N) is 1. The molecule has 4 atom stereocenters. The van der Waals surface area contributed by atoms with Crippen molar-refractivity contribution in [1.29, 1.82) is 5.26 Å². The summed E-state index contributed by atoms with van der Waals surface area (Å²) in [6.07, 6.45) is -1.92. The third kappa shape index (κ3) is 8.96. The van der Waals surface area contributed by atoms with E-state index in [0.29, 0.717) is 17.0 Å². The van der Waals surface area contributed by atoms with Gasteiger partial charge in [-0.25, -0.2) is 9.46 Å². The van der Waals surface area contributed by atoms with Gasteiger partial charge in [0.2, 0.25) is 0 Å². The van der Waals surface area contributed by atoms with Crippen molar-refractivity contribution in [3.05, 3.63) is 140 Å². The van der Waals surface area contributed by atoms with Crippen LogP contribution in [-0.2, 0) is 24.1 Å². The molecular formula is C43H48ClN4O8P. The summed E-state index contributed by atoms with van der Waals surface area (Å²) in [6.45, 7) is 8.42. The molecule has 0 saturated carbocycles. The minimum absolute atomic E-state index is 0.00433. The number of rotatable bonds is 17. The maximum atomic E-state index is 13.7. The van der Waals surface area contributed by atoms with Gasteiger partial charge in [0.1, 0.15) is 29.4 Å². The summed E-state index contributed by atoms with van der Waals surface area (Å²) in [5.74, 6) is 1.38. The van der Waals surface area contributed by atoms with E-state index in [-0.39, 0.29) is 48.5 Å². The highest BCUT2D eigenvalue weighted by Gasteiger charge is 2.45. The molecule has 300 valence electrons. The molecule has 1 saturated heterocycles. The van der Waals surface area contributed by atoms with Crippen molar-refractivity contribution in [3.8, 4) is 17.6 Å². The van der Waals surface area contributed by atoms with Gasteiger partial charge in [-0.2, -0.15) is 5.26 Å². The number of halogens is 1. The lowest BCUT2D eigenvalue weighted by Crippen LogP contribution is -2.39. The third-order valence-electron chi connectivity index (χ3n) is 9.91. The fraction of sp³-hybridized carbons (Fsp3) is 0.372. The maximum Gasteiger partial charge on any atom is 0.330 e. The van der Waals surface area contributed by atoms with Crippen molar-refractivity contribution in [3.63, 3.8) is 0 Å². The topological polar surface area (TPSA) is 137 Å². The van der Waals surface area contributed by atoms with Crippen LogP contribution in [0.1, 0.15) is 63.5 Å². The summed E-state index contributed by atoms with van der Waals surface area (Å²) >= 11 is 6.51. The van der Waals surface area contributed by atoms with E-state index in [4.69, 9.17) is 39.6 Å². The third-order valence-corrected chi connectivity index (χ3v) is 12.4. The highest BCUT2D eigenvalue weighted by molar-refractivity contribution is 7.44. The van der Waals surface area contributed by atoms with Gasteiger partial charge in [-0.3, -0.25) is 14.3 Å².